The van der Waals surface area contributed by atoms with Gasteiger partial charge in [0.15, 0.2) is 0 Å². The number of benzene rings is 1. The zero-order chi connectivity index (χ0) is 14.4. The lowest BCUT2D eigenvalue weighted by molar-refractivity contribution is -0.131. The second kappa shape index (κ2) is 7.09. The first-order valence-corrected chi connectivity index (χ1v) is 6.48. The van der Waals surface area contributed by atoms with Crippen LogP contribution in [0, 0.1) is 5.82 Å². The first kappa shape index (κ1) is 15.4. The summed E-state index contributed by atoms with van der Waals surface area (Å²) in [5.74, 6) is -0.253. The summed E-state index contributed by atoms with van der Waals surface area (Å²) < 4.78 is 12.9. The van der Waals surface area contributed by atoms with Gasteiger partial charge in [0, 0.05) is 25.3 Å². The van der Waals surface area contributed by atoms with E-state index < -0.39 is 0 Å². The molecule has 5 heteroatoms. The molecule has 1 rings (SSSR count). The van der Waals surface area contributed by atoms with Gasteiger partial charge in [0.1, 0.15) is 5.82 Å². The predicted molar refractivity (Wildman–Crippen MR) is 75.1 cm³/mol. The molecule has 1 aromatic carbocycles. The van der Waals surface area contributed by atoms with Gasteiger partial charge >= 0.3 is 0 Å². The zero-order valence-electron chi connectivity index (χ0n) is 11.8. The van der Waals surface area contributed by atoms with Gasteiger partial charge in [-0.3, -0.25) is 9.69 Å². The van der Waals surface area contributed by atoms with E-state index in [9.17, 15) is 9.18 Å². The number of nitrogens with zero attached hydrogens (tertiary/aromatic N) is 2. The maximum absolute atomic E-state index is 12.9. The summed E-state index contributed by atoms with van der Waals surface area (Å²) >= 11 is 0. The van der Waals surface area contributed by atoms with E-state index in [1.165, 1.54) is 12.1 Å². The van der Waals surface area contributed by atoms with Crippen LogP contribution in [0.25, 0.3) is 0 Å². The third-order valence-corrected chi connectivity index (χ3v) is 3.07. The van der Waals surface area contributed by atoms with Crippen LogP contribution < -0.4 is 5.73 Å². The third-order valence-electron chi connectivity index (χ3n) is 3.07. The van der Waals surface area contributed by atoms with Gasteiger partial charge in [-0.05, 0) is 38.6 Å². The summed E-state index contributed by atoms with van der Waals surface area (Å²) in [6.07, 6.45) is 0. The number of hydrogen-bond donors (Lipinski definition) is 1. The average Bonchev–Trinajstić information content (AvgIpc) is 2.34. The van der Waals surface area contributed by atoms with Gasteiger partial charge in [-0.25, -0.2) is 4.39 Å². The van der Waals surface area contributed by atoms with E-state index in [-0.39, 0.29) is 11.7 Å². The van der Waals surface area contributed by atoms with Crippen LogP contribution in [-0.2, 0) is 11.3 Å². The monoisotopic (exact) mass is 267 g/mol. The molecule has 2 N–H and O–H groups in total. The molecule has 0 aliphatic rings. The second-order valence-corrected chi connectivity index (χ2v) is 4.58. The Balaban J connectivity index is 2.60. The van der Waals surface area contributed by atoms with Gasteiger partial charge in [-0.2, -0.15) is 0 Å². The summed E-state index contributed by atoms with van der Waals surface area (Å²) in [6.45, 7) is 6.19. The van der Waals surface area contributed by atoms with Gasteiger partial charge in [0.05, 0.1) is 6.54 Å². The van der Waals surface area contributed by atoms with Crippen LogP contribution in [0.5, 0.6) is 0 Å². The lowest BCUT2D eigenvalue weighted by Gasteiger charge is -2.23. The fourth-order valence-electron chi connectivity index (χ4n) is 1.96. The molecule has 1 aromatic rings. The number of nitrogen functional groups attached to an aromatic ring is 1. The molecule has 0 saturated heterocycles. The normalized spacial score (nSPS) is 10.8. The molecule has 0 aliphatic carbocycles. The predicted octanol–water partition coefficient (Wildman–Crippen LogP) is 1.71. The van der Waals surface area contributed by atoms with Gasteiger partial charge in [0.2, 0.25) is 5.91 Å². The topological polar surface area (TPSA) is 49.6 Å². The van der Waals surface area contributed by atoms with Crippen LogP contribution in [0.1, 0.15) is 19.4 Å². The van der Waals surface area contributed by atoms with Crippen molar-refractivity contribution in [3.8, 4) is 0 Å². The Morgan fingerprint density at radius 3 is 2.47 bits per heavy atom. The van der Waals surface area contributed by atoms with Crippen LogP contribution in [0.3, 0.4) is 0 Å². The molecule has 4 nitrogen and oxygen atoms in total. The van der Waals surface area contributed by atoms with Crippen molar-refractivity contribution >= 4 is 11.6 Å². The molecular weight excluding hydrogens is 245 g/mol. The van der Waals surface area contributed by atoms with Crippen LogP contribution in [0.2, 0.25) is 0 Å². The molecule has 0 bridgehead atoms. The molecule has 0 saturated carbocycles. The van der Waals surface area contributed by atoms with Crippen LogP contribution in [0.4, 0.5) is 10.1 Å². The zero-order valence-corrected chi connectivity index (χ0v) is 11.8. The summed E-state index contributed by atoms with van der Waals surface area (Å²) in [5, 5.41) is 0. The minimum absolute atomic E-state index is 0.0909. The first-order valence-electron chi connectivity index (χ1n) is 6.48. The lowest BCUT2D eigenvalue weighted by Crippen LogP contribution is -2.38. The summed E-state index contributed by atoms with van der Waals surface area (Å²) in [5.41, 5.74) is 7.00. The number of nitrogens with two attached hydrogens (primary N) is 1. The molecule has 0 fully saturated rings. The van der Waals surface area contributed by atoms with Crippen molar-refractivity contribution in [3.63, 3.8) is 0 Å². The van der Waals surface area contributed by atoms with Crippen molar-refractivity contribution in [2.24, 2.45) is 0 Å². The quantitative estimate of drug-likeness (QED) is 0.798. The highest BCUT2D eigenvalue weighted by Crippen LogP contribution is 2.15. The Bertz CT molecular complexity index is 433. The molecule has 0 spiro atoms. The highest BCUT2D eigenvalue weighted by atomic mass is 19.1. The molecule has 0 atom stereocenters. The van der Waals surface area contributed by atoms with E-state index in [0.29, 0.717) is 31.9 Å². The summed E-state index contributed by atoms with van der Waals surface area (Å²) in [7, 11) is 1.85. The van der Waals surface area contributed by atoms with Gasteiger partial charge < -0.3 is 10.6 Å². The van der Waals surface area contributed by atoms with Crippen LogP contribution >= 0.6 is 0 Å². The number of rotatable bonds is 6. The number of anilines is 1. The molecule has 1 amide bonds. The molecule has 0 radical (unpaired) electrons. The highest BCUT2D eigenvalue weighted by molar-refractivity contribution is 5.78. The summed E-state index contributed by atoms with van der Waals surface area (Å²) in [6, 6.07) is 4.34. The Labute approximate surface area is 114 Å². The number of likely N-dealkylation sites (N-methyl/N-ethyl adjacent to an activating group) is 2. The Morgan fingerprint density at radius 2 is 1.95 bits per heavy atom. The summed E-state index contributed by atoms with van der Waals surface area (Å²) in [4.78, 5) is 15.6. The first-order chi connectivity index (χ1) is 8.97. The van der Waals surface area contributed by atoms with Gasteiger partial charge in [0.25, 0.3) is 0 Å². The molecule has 0 unspecified atom stereocenters. The van der Waals surface area contributed by atoms with Crippen LogP contribution in [-0.4, -0.2) is 42.4 Å². The number of halogens is 1. The SMILES string of the molecule is CCN(CC)C(=O)CN(C)Cc1ccc(F)cc1N. The number of amides is 1. The maximum atomic E-state index is 12.9. The maximum Gasteiger partial charge on any atom is 0.236 e. The Morgan fingerprint density at radius 1 is 1.32 bits per heavy atom. The minimum Gasteiger partial charge on any atom is -0.398 e. The van der Waals surface area contributed by atoms with Crippen molar-refractivity contribution in [2.75, 3.05) is 32.4 Å². The number of carbonyl (C=O) groups excluding carboxylic acids is 1. The molecule has 0 aliphatic heterocycles. The minimum atomic E-state index is -0.344. The Kier molecular flexibility index (Phi) is 5.76. The fraction of sp³-hybridized carbons (Fsp3) is 0.500. The smallest absolute Gasteiger partial charge is 0.236 e. The number of hydrogen-bond acceptors (Lipinski definition) is 3. The molecule has 19 heavy (non-hydrogen) atoms. The lowest BCUT2D eigenvalue weighted by atomic mass is 10.1. The van der Waals surface area contributed by atoms with Crippen molar-refractivity contribution in [3.05, 3.63) is 29.6 Å². The molecule has 0 heterocycles. The van der Waals surface area contributed by atoms with Crippen molar-refractivity contribution in [1.82, 2.24) is 9.80 Å². The van der Waals surface area contributed by atoms with Crippen molar-refractivity contribution in [1.29, 1.82) is 0 Å². The number of carbonyl (C=O) groups is 1. The molecular formula is C14H22FN3O. The second-order valence-electron chi connectivity index (χ2n) is 4.58. The van der Waals surface area contributed by atoms with Crippen LogP contribution in [0.15, 0.2) is 18.2 Å². The third kappa shape index (κ3) is 4.52. The van der Waals surface area contributed by atoms with E-state index in [1.807, 2.05) is 25.8 Å². The van der Waals surface area contributed by atoms with Gasteiger partial charge in [-0.15, -0.1) is 0 Å². The largest absolute Gasteiger partial charge is 0.398 e. The van der Waals surface area contributed by atoms with Crippen molar-refractivity contribution < 1.29 is 9.18 Å². The average molecular weight is 267 g/mol. The molecule has 0 aromatic heterocycles. The van der Waals surface area contributed by atoms with E-state index in [1.54, 1.807) is 11.0 Å². The standard InChI is InChI=1S/C14H22FN3O/c1-4-18(5-2)14(19)10-17(3)9-11-6-7-12(15)8-13(11)16/h6-8H,4-5,9-10,16H2,1-3H3. The fourth-order valence-corrected chi connectivity index (χ4v) is 1.96. The van der Waals surface area contributed by atoms with Crippen molar-refractivity contribution in [2.45, 2.75) is 20.4 Å². The van der Waals surface area contributed by atoms with E-state index in [0.717, 1.165) is 5.56 Å². The van der Waals surface area contributed by atoms with E-state index >= 15 is 0 Å². The molecule has 106 valence electrons. The Hall–Kier alpha value is -1.62. The highest BCUT2D eigenvalue weighted by Gasteiger charge is 2.13. The van der Waals surface area contributed by atoms with E-state index in [4.69, 9.17) is 5.73 Å². The van der Waals surface area contributed by atoms with E-state index in [2.05, 4.69) is 0 Å². The van der Waals surface area contributed by atoms with Gasteiger partial charge in [-0.1, -0.05) is 6.07 Å².